The molecule has 3 atom stereocenters. The first-order valence-corrected chi connectivity index (χ1v) is 6.83. The highest BCUT2D eigenvalue weighted by molar-refractivity contribution is 6.06. The molecule has 0 unspecified atom stereocenters. The van der Waals surface area contributed by atoms with Gasteiger partial charge in [0, 0.05) is 18.5 Å². The van der Waals surface area contributed by atoms with E-state index in [0.29, 0.717) is 17.2 Å². The van der Waals surface area contributed by atoms with E-state index in [1.54, 1.807) is 18.2 Å². The number of benzene rings is 1. The van der Waals surface area contributed by atoms with Crippen LogP contribution in [-0.4, -0.2) is 28.7 Å². The van der Waals surface area contributed by atoms with E-state index in [1.165, 1.54) is 6.07 Å². The minimum atomic E-state index is -0.701. The summed E-state index contributed by atoms with van der Waals surface area (Å²) in [6.45, 7) is 2.07. The Bertz CT molecular complexity index is 628. The van der Waals surface area contributed by atoms with Gasteiger partial charge < -0.3 is 10.2 Å². The molecule has 7 nitrogen and oxygen atoms in total. The van der Waals surface area contributed by atoms with E-state index in [2.05, 4.69) is 17.4 Å². The standard InChI is InChI=1S/C14H15N3O4/c1-8-6-10(8)15-14(18)13-7-11(16-21-13)9-4-2-3-5-12(9)17(19)20/h2-5,8,10,13H,6-7H2,1H3,(H,15,18)/t8-,10-,13-/m1/s1. The van der Waals surface area contributed by atoms with Gasteiger partial charge in [-0.15, -0.1) is 0 Å². The molecule has 1 aromatic carbocycles. The normalized spacial score (nSPS) is 26.7. The zero-order valence-electron chi connectivity index (χ0n) is 11.5. The van der Waals surface area contributed by atoms with Crippen LogP contribution in [0.2, 0.25) is 0 Å². The topological polar surface area (TPSA) is 93.8 Å². The lowest BCUT2D eigenvalue weighted by molar-refractivity contribution is -0.385. The minimum Gasteiger partial charge on any atom is -0.382 e. The number of nitrogens with one attached hydrogen (secondary N) is 1. The fraction of sp³-hybridized carbons (Fsp3) is 0.429. The van der Waals surface area contributed by atoms with Gasteiger partial charge in [0.15, 0.2) is 0 Å². The number of nitrogens with zero attached hydrogens (tertiary/aromatic N) is 2. The summed E-state index contributed by atoms with van der Waals surface area (Å²) < 4.78 is 0. The Hall–Kier alpha value is -2.44. The molecule has 1 N–H and O–H groups in total. The van der Waals surface area contributed by atoms with Crippen molar-refractivity contribution in [2.75, 3.05) is 0 Å². The fourth-order valence-electron chi connectivity index (χ4n) is 2.35. The van der Waals surface area contributed by atoms with Crippen molar-refractivity contribution in [3.05, 3.63) is 39.9 Å². The number of carbonyl (C=O) groups excluding carboxylic acids is 1. The predicted octanol–water partition coefficient (Wildman–Crippen LogP) is 1.61. The molecule has 1 aliphatic heterocycles. The van der Waals surface area contributed by atoms with Gasteiger partial charge in [-0.1, -0.05) is 24.2 Å². The highest BCUT2D eigenvalue weighted by Gasteiger charge is 2.38. The molecule has 7 heteroatoms. The van der Waals surface area contributed by atoms with Crippen molar-refractivity contribution in [3.8, 4) is 0 Å². The van der Waals surface area contributed by atoms with Crippen LogP contribution in [0, 0.1) is 16.0 Å². The van der Waals surface area contributed by atoms with Crippen LogP contribution in [0.15, 0.2) is 29.4 Å². The van der Waals surface area contributed by atoms with E-state index >= 15 is 0 Å². The fourth-order valence-corrected chi connectivity index (χ4v) is 2.35. The van der Waals surface area contributed by atoms with Gasteiger partial charge in [-0.25, -0.2) is 0 Å². The van der Waals surface area contributed by atoms with Crippen LogP contribution in [0.4, 0.5) is 5.69 Å². The number of hydrogen-bond acceptors (Lipinski definition) is 5. The van der Waals surface area contributed by atoms with Gasteiger partial charge in [0.1, 0.15) is 0 Å². The molecule has 110 valence electrons. The Morgan fingerprint density at radius 1 is 1.48 bits per heavy atom. The number of nitro benzene ring substituents is 1. The summed E-state index contributed by atoms with van der Waals surface area (Å²) in [5.74, 6) is 0.299. The van der Waals surface area contributed by atoms with Crippen molar-refractivity contribution < 1.29 is 14.6 Å². The first-order chi connectivity index (χ1) is 10.1. The van der Waals surface area contributed by atoms with Crippen LogP contribution >= 0.6 is 0 Å². The van der Waals surface area contributed by atoms with Gasteiger partial charge in [0.2, 0.25) is 6.10 Å². The van der Waals surface area contributed by atoms with Crippen LogP contribution < -0.4 is 5.32 Å². The molecular formula is C14H15N3O4. The summed E-state index contributed by atoms with van der Waals surface area (Å²) >= 11 is 0. The van der Waals surface area contributed by atoms with Crippen molar-refractivity contribution in [2.24, 2.45) is 11.1 Å². The van der Waals surface area contributed by atoms with E-state index in [9.17, 15) is 14.9 Å². The number of nitro groups is 1. The van der Waals surface area contributed by atoms with Gasteiger partial charge in [-0.2, -0.15) is 0 Å². The quantitative estimate of drug-likeness (QED) is 0.673. The zero-order valence-corrected chi connectivity index (χ0v) is 11.5. The molecule has 1 saturated carbocycles. The van der Waals surface area contributed by atoms with Crippen molar-refractivity contribution in [3.63, 3.8) is 0 Å². The Labute approximate surface area is 121 Å². The molecule has 0 radical (unpaired) electrons. The lowest BCUT2D eigenvalue weighted by Gasteiger charge is -2.08. The van der Waals surface area contributed by atoms with E-state index in [1.807, 2.05) is 0 Å². The number of amides is 1. The summed E-state index contributed by atoms with van der Waals surface area (Å²) in [7, 11) is 0. The van der Waals surface area contributed by atoms with Crippen LogP contribution in [-0.2, 0) is 9.63 Å². The van der Waals surface area contributed by atoms with Gasteiger partial charge >= 0.3 is 0 Å². The second kappa shape index (κ2) is 5.16. The molecule has 1 amide bonds. The second-order valence-electron chi connectivity index (χ2n) is 5.44. The lowest BCUT2D eigenvalue weighted by atomic mass is 10.0. The van der Waals surface area contributed by atoms with E-state index in [0.717, 1.165) is 6.42 Å². The van der Waals surface area contributed by atoms with Gasteiger partial charge in [-0.3, -0.25) is 14.9 Å². The van der Waals surface area contributed by atoms with Gasteiger partial charge in [-0.05, 0) is 18.4 Å². The number of carbonyl (C=O) groups is 1. The van der Waals surface area contributed by atoms with Crippen molar-refractivity contribution in [2.45, 2.75) is 31.9 Å². The average Bonchev–Trinajstić information content (AvgIpc) is 2.97. The maximum atomic E-state index is 12.0. The third-order valence-corrected chi connectivity index (χ3v) is 3.81. The zero-order chi connectivity index (χ0) is 15.0. The van der Waals surface area contributed by atoms with E-state index < -0.39 is 11.0 Å². The maximum Gasteiger partial charge on any atom is 0.278 e. The Morgan fingerprint density at radius 3 is 2.86 bits per heavy atom. The first kappa shape index (κ1) is 13.5. The van der Waals surface area contributed by atoms with Crippen LogP contribution in [0.3, 0.4) is 0 Å². The summed E-state index contributed by atoms with van der Waals surface area (Å²) in [6, 6.07) is 6.54. The number of oxime groups is 1. The highest BCUT2D eigenvalue weighted by Crippen LogP contribution is 2.30. The predicted molar refractivity (Wildman–Crippen MR) is 74.8 cm³/mol. The van der Waals surface area contributed by atoms with Gasteiger partial charge in [0.25, 0.3) is 11.6 Å². The summed E-state index contributed by atoms with van der Waals surface area (Å²) in [6.07, 6.45) is 0.529. The SMILES string of the molecule is C[C@@H]1C[C@H]1NC(=O)[C@H]1CC(c2ccccc2[N+](=O)[O-])=NO1. The van der Waals surface area contributed by atoms with E-state index in [-0.39, 0.29) is 24.1 Å². The second-order valence-corrected chi connectivity index (χ2v) is 5.44. The third kappa shape index (κ3) is 2.72. The molecule has 1 aliphatic carbocycles. The van der Waals surface area contributed by atoms with Crippen LogP contribution in [0.25, 0.3) is 0 Å². The third-order valence-electron chi connectivity index (χ3n) is 3.81. The minimum absolute atomic E-state index is 0.0308. The maximum absolute atomic E-state index is 12.0. The highest BCUT2D eigenvalue weighted by atomic mass is 16.6. The average molecular weight is 289 g/mol. The number of hydrogen-bond donors (Lipinski definition) is 1. The molecule has 2 aliphatic rings. The molecule has 1 aromatic rings. The molecule has 0 saturated heterocycles. The van der Waals surface area contributed by atoms with Crippen molar-refractivity contribution >= 4 is 17.3 Å². The molecule has 1 fully saturated rings. The summed E-state index contributed by atoms with van der Waals surface area (Å²) in [5, 5.41) is 17.7. The Kier molecular flexibility index (Phi) is 3.32. The molecule has 0 aromatic heterocycles. The first-order valence-electron chi connectivity index (χ1n) is 6.83. The molecule has 0 spiro atoms. The van der Waals surface area contributed by atoms with E-state index in [4.69, 9.17) is 4.84 Å². The number of para-hydroxylation sites is 1. The summed E-state index contributed by atoms with van der Waals surface area (Å²) in [5.41, 5.74) is 0.806. The van der Waals surface area contributed by atoms with Gasteiger partial charge in [0.05, 0.1) is 16.2 Å². The largest absolute Gasteiger partial charge is 0.382 e. The van der Waals surface area contributed by atoms with Crippen molar-refractivity contribution in [1.82, 2.24) is 5.32 Å². The molecular weight excluding hydrogens is 274 g/mol. The smallest absolute Gasteiger partial charge is 0.278 e. The van der Waals surface area contributed by atoms with Crippen molar-refractivity contribution in [1.29, 1.82) is 0 Å². The lowest BCUT2D eigenvalue weighted by Crippen LogP contribution is -2.36. The number of rotatable bonds is 4. The monoisotopic (exact) mass is 289 g/mol. The Morgan fingerprint density at radius 2 is 2.19 bits per heavy atom. The van der Waals surface area contributed by atoms with Crippen LogP contribution in [0.5, 0.6) is 0 Å². The van der Waals surface area contributed by atoms with Crippen LogP contribution in [0.1, 0.15) is 25.3 Å². The molecule has 3 rings (SSSR count). The summed E-state index contributed by atoms with van der Waals surface area (Å²) in [4.78, 5) is 27.7. The molecule has 0 bridgehead atoms. The molecule has 21 heavy (non-hydrogen) atoms. The molecule has 1 heterocycles. The Balaban J connectivity index is 1.69.